The quantitative estimate of drug-likeness (QED) is 0.823. The molecule has 1 saturated heterocycles. The molecule has 1 aromatic carbocycles. The van der Waals surface area contributed by atoms with Gasteiger partial charge in [0.15, 0.2) is 0 Å². The van der Waals surface area contributed by atoms with Gasteiger partial charge in [0.05, 0.1) is 0 Å². The van der Waals surface area contributed by atoms with Gasteiger partial charge < -0.3 is 10.2 Å². The van der Waals surface area contributed by atoms with Crippen LogP contribution in [0.2, 0.25) is 0 Å². The summed E-state index contributed by atoms with van der Waals surface area (Å²) in [5.41, 5.74) is 3.12. The van der Waals surface area contributed by atoms with Crippen LogP contribution < -0.4 is 10.2 Å². The van der Waals surface area contributed by atoms with Crippen LogP contribution in [-0.4, -0.2) is 20.1 Å². The summed E-state index contributed by atoms with van der Waals surface area (Å²) in [4.78, 5) is 2.53. The second-order valence-corrected chi connectivity index (χ2v) is 8.20. The first-order chi connectivity index (χ1) is 9.82. The maximum atomic E-state index is 3.73. The van der Waals surface area contributed by atoms with Gasteiger partial charge in [0.25, 0.3) is 0 Å². The number of hydrogen-bond acceptors (Lipinski definition) is 2. The van der Waals surface area contributed by atoms with Crippen LogP contribution in [0, 0.1) is 11.3 Å². The average molecular weight is 353 g/mol. The highest BCUT2D eigenvalue weighted by atomic mass is 79.9. The summed E-state index contributed by atoms with van der Waals surface area (Å²) in [5.74, 6) is 0.848. The number of benzene rings is 1. The smallest absolute Gasteiger partial charge is 0.0377 e. The lowest BCUT2D eigenvalue weighted by molar-refractivity contribution is 0.199. The first-order valence-electron chi connectivity index (χ1n) is 8.04. The monoisotopic (exact) mass is 352 g/mol. The molecule has 1 heterocycles. The Morgan fingerprint density at radius 3 is 2.33 bits per heavy atom. The van der Waals surface area contributed by atoms with Gasteiger partial charge in [-0.05, 0) is 55.8 Å². The van der Waals surface area contributed by atoms with Crippen molar-refractivity contribution in [3.8, 4) is 0 Å². The van der Waals surface area contributed by atoms with Crippen molar-refractivity contribution in [1.82, 2.24) is 5.32 Å². The molecule has 0 saturated carbocycles. The largest absolute Gasteiger partial charge is 0.371 e. The molecular weight excluding hydrogens is 324 g/mol. The topological polar surface area (TPSA) is 15.3 Å². The Morgan fingerprint density at radius 1 is 1.24 bits per heavy atom. The second kappa shape index (κ2) is 6.70. The van der Waals surface area contributed by atoms with Crippen LogP contribution in [0.5, 0.6) is 0 Å². The van der Waals surface area contributed by atoms with Crippen molar-refractivity contribution in [2.45, 2.75) is 46.6 Å². The molecule has 3 heteroatoms. The summed E-state index contributed by atoms with van der Waals surface area (Å²) in [5, 5.41) is 3.30. The molecule has 21 heavy (non-hydrogen) atoms. The van der Waals surface area contributed by atoms with E-state index in [1.807, 2.05) is 7.05 Å². The number of nitrogens with zero attached hydrogens (tertiary/aromatic N) is 1. The summed E-state index contributed by atoms with van der Waals surface area (Å²) >= 11 is 3.73. The van der Waals surface area contributed by atoms with E-state index >= 15 is 0 Å². The van der Waals surface area contributed by atoms with E-state index in [0.717, 1.165) is 5.92 Å². The molecule has 118 valence electrons. The molecule has 0 aromatic heterocycles. The molecule has 0 spiro atoms. The Bertz CT molecular complexity index is 471. The minimum Gasteiger partial charge on any atom is -0.371 e. The number of anilines is 1. The molecule has 1 atom stereocenters. The molecule has 0 bridgehead atoms. The number of halogens is 1. The van der Waals surface area contributed by atoms with E-state index in [1.165, 1.54) is 41.7 Å². The van der Waals surface area contributed by atoms with E-state index in [9.17, 15) is 0 Å². The molecule has 0 amide bonds. The van der Waals surface area contributed by atoms with Crippen LogP contribution in [0.1, 0.15) is 52.1 Å². The Labute approximate surface area is 138 Å². The zero-order valence-corrected chi connectivity index (χ0v) is 15.6. The van der Waals surface area contributed by atoms with Gasteiger partial charge in [-0.3, -0.25) is 0 Å². The van der Waals surface area contributed by atoms with Gasteiger partial charge in [-0.2, -0.15) is 0 Å². The van der Waals surface area contributed by atoms with E-state index in [-0.39, 0.29) is 0 Å². The van der Waals surface area contributed by atoms with E-state index < -0.39 is 0 Å². The Morgan fingerprint density at radius 2 is 1.86 bits per heavy atom. The van der Waals surface area contributed by atoms with E-state index in [2.05, 4.69) is 72.0 Å². The minimum absolute atomic E-state index is 0.375. The maximum absolute atomic E-state index is 3.73. The van der Waals surface area contributed by atoms with Crippen molar-refractivity contribution in [3.05, 3.63) is 28.2 Å². The van der Waals surface area contributed by atoms with Gasteiger partial charge in [0.1, 0.15) is 0 Å². The van der Waals surface area contributed by atoms with Crippen LogP contribution in [0.15, 0.2) is 22.7 Å². The third-order valence-corrected chi connectivity index (χ3v) is 5.66. The predicted molar refractivity (Wildman–Crippen MR) is 96.0 cm³/mol. The molecule has 1 unspecified atom stereocenters. The lowest BCUT2D eigenvalue weighted by Crippen LogP contribution is -2.38. The number of hydrogen-bond donors (Lipinski definition) is 1. The molecular formula is C18H29BrN2. The molecule has 1 N–H and O–H groups in total. The fraction of sp³-hybridized carbons (Fsp3) is 0.667. The lowest BCUT2D eigenvalue weighted by Gasteiger charge is -2.40. The van der Waals surface area contributed by atoms with E-state index in [0.29, 0.717) is 11.5 Å². The van der Waals surface area contributed by atoms with Gasteiger partial charge in [-0.1, -0.05) is 42.8 Å². The SMILES string of the molecule is CNC(C)c1ccc(N2CCC(C(C)(C)C)CC2)cc1Br. The average Bonchev–Trinajstić information content (AvgIpc) is 2.45. The fourth-order valence-corrected chi connectivity index (χ4v) is 3.93. The highest BCUT2D eigenvalue weighted by Crippen LogP contribution is 2.36. The fourth-order valence-electron chi connectivity index (χ4n) is 3.22. The molecule has 1 aliphatic rings. The van der Waals surface area contributed by atoms with Gasteiger partial charge in [-0.25, -0.2) is 0 Å². The Kier molecular flexibility index (Phi) is 5.37. The summed E-state index contributed by atoms with van der Waals surface area (Å²) < 4.78 is 1.21. The standard InChI is InChI=1S/C18H29BrN2/c1-13(20-5)16-7-6-15(12-17(16)19)21-10-8-14(9-11-21)18(2,3)4/h6-7,12-14,20H,8-11H2,1-5H3. The predicted octanol–water partition coefficient (Wildman–Crippen LogP) is 4.99. The zero-order chi connectivity index (χ0) is 15.6. The van der Waals surface area contributed by atoms with Gasteiger partial charge in [0, 0.05) is 29.3 Å². The number of rotatable bonds is 3. The second-order valence-electron chi connectivity index (χ2n) is 7.34. The Hall–Kier alpha value is -0.540. The number of nitrogens with one attached hydrogen (secondary N) is 1. The summed E-state index contributed by atoms with van der Waals surface area (Å²) in [7, 11) is 2.00. The number of piperidine rings is 1. The highest BCUT2D eigenvalue weighted by molar-refractivity contribution is 9.10. The van der Waals surface area contributed by atoms with Crippen molar-refractivity contribution in [3.63, 3.8) is 0 Å². The van der Waals surface area contributed by atoms with E-state index in [4.69, 9.17) is 0 Å². The third-order valence-electron chi connectivity index (χ3n) is 4.97. The maximum Gasteiger partial charge on any atom is 0.0377 e. The van der Waals surface area contributed by atoms with Gasteiger partial charge in [0.2, 0.25) is 0 Å². The van der Waals surface area contributed by atoms with Crippen molar-refractivity contribution in [2.24, 2.45) is 11.3 Å². The first kappa shape index (κ1) is 16.8. The first-order valence-corrected chi connectivity index (χ1v) is 8.84. The normalized spacial score (nSPS) is 18.9. The van der Waals surface area contributed by atoms with Crippen LogP contribution >= 0.6 is 15.9 Å². The van der Waals surface area contributed by atoms with Gasteiger partial charge in [-0.15, -0.1) is 0 Å². The molecule has 0 aliphatic carbocycles. The molecule has 2 nitrogen and oxygen atoms in total. The summed E-state index contributed by atoms with van der Waals surface area (Å²) in [6.07, 6.45) is 2.60. The third kappa shape index (κ3) is 4.01. The zero-order valence-electron chi connectivity index (χ0n) is 14.0. The van der Waals surface area contributed by atoms with Crippen molar-refractivity contribution in [1.29, 1.82) is 0 Å². The molecule has 1 fully saturated rings. The van der Waals surface area contributed by atoms with Crippen LogP contribution in [-0.2, 0) is 0 Å². The van der Waals surface area contributed by atoms with Gasteiger partial charge >= 0.3 is 0 Å². The summed E-state index contributed by atoms with van der Waals surface area (Å²) in [6.45, 7) is 11.7. The molecule has 0 radical (unpaired) electrons. The van der Waals surface area contributed by atoms with Crippen LogP contribution in [0.25, 0.3) is 0 Å². The van der Waals surface area contributed by atoms with Crippen LogP contribution in [0.4, 0.5) is 5.69 Å². The minimum atomic E-state index is 0.375. The van der Waals surface area contributed by atoms with Crippen molar-refractivity contribution >= 4 is 21.6 Å². The van der Waals surface area contributed by atoms with Crippen LogP contribution in [0.3, 0.4) is 0 Å². The van der Waals surface area contributed by atoms with E-state index in [1.54, 1.807) is 0 Å². The summed E-state index contributed by atoms with van der Waals surface area (Å²) in [6, 6.07) is 7.17. The molecule has 1 aliphatic heterocycles. The highest BCUT2D eigenvalue weighted by Gasteiger charge is 2.28. The van der Waals surface area contributed by atoms with Crippen molar-refractivity contribution in [2.75, 3.05) is 25.0 Å². The molecule has 2 rings (SSSR count). The molecule has 1 aromatic rings. The lowest BCUT2D eigenvalue weighted by atomic mass is 9.75. The Balaban J connectivity index is 2.06. The van der Waals surface area contributed by atoms with Crippen molar-refractivity contribution < 1.29 is 0 Å².